The lowest BCUT2D eigenvalue weighted by atomic mass is 10.1. The Morgan fingerprint density at radius 2 is 1.68 bits per heavy atom. The predicted octanol–water partition coefficient (Wildman–Crippen LogP) is 5.07. The summed E-state index contributed by atoms with van der Waals surface area (Å²) in [6.07, 6.45) is 12.4. The van der Waals surface area contributed by atoms with Gasteiger partial charge < -0.3 is 5.32 Å². The minimum Gasteiger partial charge on any atom is -0.322 e. The van der Waals surface area contributed by atoms with Crippen LogP contribution in [0.1, 0.15) is 58.3 Å². The first-order valence-corrected chi connectivity index (χ1v) is 9.59. The van der Waals surface area contributed by atoms with E-state index in [1.54, 1.807) is 0 Å². The molecule has 0 unspecified atom stereocenters. The van der Waals surface area contributed by atoms with Crippen LogP contribution in [-0.2, 0) is 0 Å². The maximum Gasteiger partial charge on any atom is 0.214 e. The van der Waals surface area contributed by atoms with Crippen LogP contribution in [0.4, 0.5) is 11.4 Å². The van der Waals surface area contributed by atoms with Gasteiger partial charge in [0.1, 0.15) is 0 Å². The van der Waals surface area contributed by atoms with Gasteiger partial charge in [-0.05, 0) is 12.5 Å². The summed E-state index contributed by atoms with van der Waals surface area (Å²) in [5, 5.41) is 4.51. The average molecular weight is 339 g/mol. The van der Waals surface area contributed by atoms with Crippen molar-refractivity contribution in [1.82, 2.24) is 10.4 Å². The third-order valence-electron chi connectivity index (χ3n) is 4.62. The molecule has 25 heavy (non-hydrogen) atoms. The molecule has 5 heteroatoms. The van der Waals surface area contributed by atoms with Crippen molar-refractivity contribution >= 4 is 28.2 Å². The van der Waals surface area contributed by atoms with Crippen LogP contribution in [0.5, 0.6) is 0 Å². The van der Waals surface area contributed by atoms with Crippen molar-refractivity contribution in [3.05, 3.63) is 30.5 Å². The molecule has 1 aromatic heterocycles. The Labute approximate surface area is 150 Å². The highest BCUT2D eigenvalue weighted by molar-refractivity contribution is 6.09. The highest BCUT2D eigenvalue weighted by atomic mass is 15.5. The summed E-state index contributed by atoms with van der Waals surface area (Å²) in [6, 6.07) is 8.15. The van der Waals surface area contributed by atoms with Crippen molar-refractivity contribution in [2.75, 3.05) is 17.3 Å². The molecule has 0 amide bonds. The van der Waals surface area contributed by atoms with E-state index in [0.29, 0.717) is 0 Å². The topological polar surface area (TPSA) is 61.3 Å². The predicted molar refractivity (Wildman–Crippen MR) is 107 cm³/mol. The second kappa shape index (κ2) is 9.25. The lowest BCUT2D eigenvalue weighted by Gasteiger charge is -2.23. The van der Waals surface area contributed by atoms with Crippen molar-refractivity contribution < 1.29 is 0 Å². The molecule has 3 N–H and O–H groups in total. The molecule has 5 nitrogen and oxygen atoms in total. The number of rotatable bonds is 9. The average Bonchev–Trinajstić information content (AvgIpc) is 2.66. The van der Waals surface area contributed by atoms with E-state index in [1.807, 2.05) is 24.4 Å². The number of anilines is 2. The minimum absolute atomic E-state index is 0.784. The Hall–Kier alpha value is -2.30. The van der Waals surface area contributed by atoms with Gasteiger partial charge in [-0.1, -0.05) is 70.1 Å². The van der Waals surface area contributed by atoms with Gasteiger partial charge in [0, 0.05) is 11.9 Å². The fourth-order valence-corrected chi connectivity index (χ4v) is 3.16. The van der Waals surface area contributed by atoms with Crippen molar-refractivity contribution in [2.45, 2.75) is 58.3 Å². The van der Waals surface area contributed by atoms with Crippen molar-refractivity contribution in [2.24, 2.45) is 4.99 Å². The Balaban J connectivity index is 1.46. The molecule has 3 rings (SSSR count). The second-order valence-electron chi connectivity index (χ2n) is 6.64. The van der Waals surface area contributed by atoms with Crippen LogP contribution in [0, 0.1) is 0 Å². The molecule has 1 aliphatic heterocycles. The number of aromatic nitrogens is 1. The molecular weight excluding hydrogens is 310 g/mol. The number of nitrogens with one attached hydrogen (secondary N) is 3. The first-order valence-electron chi connectivity index (χ1n) is 9.59. The Kier molecular flexibility index (Phi) is 6.48. The van der Waals surface area contributed by atoms with E-state index in [9.17, 15) is 0 Å². The lowest BCUT2D eigenvalue weighted by Crippen LogP contribution is -2.40. The van der Waals surface area contributed by atoms with Crippen LogP contribution < -0.4 is 16.2 Å². The summed E-state index contributed by atoms with van der Waals surface area (Å²) in [4.78, 5) is 9.11. The summed E-state index contributed by atoms with van der Waals surface area (Å²) < 4.78 is 0. The normalized spacial score (nSPS) is 14.7. The molecule has 0 aliphatic carbocycles. The van der Waals surface area contributed by atoms with Gasteiger partial charge in [-0.15, -0.1) is 0 Å². The van der Waals surface area contributed by atoms with Crippen molar-refractivity contribution in [3.63, 3.8) is 0 Å². The SMILES string of the molecule is CCCCCCCCCCN=C1NNc2cnc3ccccc3c2N1. The maximum atomic E-state index is 4.65. The number of fused-ring (bicyclic) bond motifs is 3. The molecule has 134 valence electrons. The standard InChI is InChI=1S/C20H29N5/c1-2-3-4-5-6-7-8-11-14-21-20-23-19-16-12-9-10-13-17(16)22-15-18(19)24-25-20/h9-10,12-13,15,24H,2-8,11,14H2,1H3,(H2,21,23,25). The van der Waals surface area contributed by atoms with Crippen LogP contribution in [0.3, 0.4) is 0 Å². The first-order chi connectivity index (χ1) is 12.4. The smallest absolute Gasteiger partial charge is 0.214 e. The molecule has 0 saturated heterocycles. The van der Waals surface area contributed by atoms with Crippen LogP contribution in [0.15, 0.2) is 35.5 Å². The Morgan fingerprint density at radius 1 is 0.920 bits per heavy atom. The molecule has 0 atom stereocenters. The van der Waals surface area contributed by atoms with Crippen molar-refractivity contribution in [1.29, 1.82) is 0 Å². The summed E-state index contributed by atoms with van der Waals surface area (Å²) in [7, 11) is 0. The Morgan fingerprint density at radius 3 is 2.52 bits per heavy atom. The van der Waals surface area contributed by atoms with E-state index in [2.05, 4.69) is 39.1 Å². The van der Waals surface area contributed by atoms with Crippen LogP contribution in [0.25, 0.3) is 10.9 Å². The third kappa shape index (κ3) is 4.84. The van der Waals surface area contributed by atoms with Gasteiger partial charge in [0.2, 0.25) is 5.96 Å². The zero-order chi connectivity index (χ0) is 17.3. The molecule has 2 heterocycles. The van der Waals surface area contributed by atoms with Gasteiger partial charge in [0.05, 0.1) is 23.1 Å². The fourth-order valence-electron chi connectivity index (χ4n) is 3.16. The van der Waals surface area contributed by atoms with E-state index in [0.717, 1.165) is 41.2 Å². The largest absolute Gasteiger partial charge is 0.322 e. The van der Waals surface area contributed by atoms with E-state index in [-0.39, 0.29) is 0 Å². The summed E-state index contributed by atoms with van der Waals surface area (Å²) >= 11 is 0. The fraction of sp³-hybridized carbons (Fsp3) is 0.500. The van der Waals surface area contributed by atoms with Crippen molar-refractivity contribution in [3.8, 4) is 0 Å². The Bertz CT molecular complexity index is 710. The maximum absolute atomic E-state index is 4.65. The van der Waals surface area contributed by atoms with Crippen LogP contribution in [-0.4, -0.2) is 17.5 Å². The zero-order valence-electron chi connectivity index (χ0n) is 15.1. The molecule has 0 bridgehead atoms. The monoisotopic (exact) mass is 339 g/mol. The molecule has 1 aliphatic rings. The van der Waals surface area contributed by atoms with E-state index in [1.165, 1.54) is 44.9 Å². The molecular formula is C20H29N5. The number of hydrogen-bond donors (Lipinski definition) is 3. The van der Waals surface area contributed by atoms with Gasteiger partial charge in [-0.25, -0.2) is 0 Å². The third-order valence-corrected chi connectivity index (χ3v) is 4.62. The molecule has 1 aromatic carbocycles. The van der Waals surface area contributed by atoms with E-state index >= 15 is 0 Å². The highest BCUT2D eigenvalue weighted by Crippen LogP contribution is 2.30. The number of hydrogen-bond acceptors (Lipinski definition) is 3. The van der Waals surface area contributed by atoms with Gasteiger partial charge in [0.25, 0.3) is 0 Å². The van der Waals surface area contributed by atoms with E-state index < -0.39 is 0 Å². The van der Waals surface area contributed by atoms with E-state index in [4.69, 9.17) is 0 Å². The quantitative estimate of drug-likeness (QED) is 0.558. The molecule has 0 radical (unpaired) electrons. The number of benzene rings is 1. The van der Waals surface area contributed by atoms with Gasteiger partial charge in [-0.2, -0.15) is 0 Å². The number of nitrogens with zero attached hydrogens (tertiary/aromatic N) is 2. The number of unbranched alkanes of at least 4 members (excludes halogenated alkanes) is 7. The number of guanidine groups is 1. The minimum atomic E-state index is 0.784. The molecule has 2 aromatic rings. The number of para-hydroxylation sites is 1. The molecule has 0 fully saturated rings. The summed E-state index contributed by atoms with van der Waals surface area (Å²) in [6.45, 7) is 3.11. The summed E-state index contributed by atoms with van der Waals surface area (Å²) in [5.41, 5.74) is 9.27. The van der Waals surface area contributed by atoms with Gasteiger partial charge >= 0.3 is 0 Å². The van der Waals surface area contributed by atoms with Gasteiger partial charge in [0.15, 0.2) is 0 Å². The first kappa shape index (κ1) is 17.5. The summed E-state index contributed by atoms with van der Waals surface area (Å²) in [5.74, 6) is 0.784. The molecule has 0 saturated carbocycles. The van der Waals surface area contributed by atoms with Gasteiger partial charge in [-0.3, -0.25) is 20.8 Å². The van der Waals surface area contributed by atoms with Crippen LogP contribution >= 0.6 is 0 Å². The number of aliphatic imine (C=N–C) groups is 1. The number of pyridine rings is 1. The highest BCUT2D eigenvalue weighted by Gasteiger charge is 2.15. The van der Waals surface area contributed by atoms with Crippen LogP contribution in [0.2, 0.25) is 0 Å². The zero-order valence-corrected chi connectivity index (χ0v) is 15.1. The molecule has 0 spiro atoms. The lowest BCUT2D eigenvalue weighted by molar-refractivity contribution is 0.578. The number of hydrazine groups is 1. The second-order valence-corrected chi connectivity index (χ2v) is 6.64.